The first kappa shape index (κ1) is 20.5. The summed E-state index contributed by atoms with van der Waals surface area (Å²) in [5.74, 6) is -0.649. The molecular weight excluding hydrogens is 364 g/mol. The molecule has 0 fully saturated rings. The van der Waals surface area contributed by atoms with Crippen molar-refractivity contribution >= 4 is 22.7 Å². The van der Waals surface area contributed by atoms with Gasteiger partial charge >= 0.3 is 0 Å². The van der Waals surface area contributed by atoms with Crippen LogP contribution >= 0.6 is 0 Å². The first-order valence-corrected chi connectivity index (χ1v) is 9.61. The number of aryl methyl sites for hydroxylation is 1. The molecule has 3 rings (SSSR count). The maximum atomic E-state index is 12.9. The Morgan fingerprint density at radius 1 is 1.03 bits per heavy atom. The molecule has 0 spiro atoms. The normalized spacial score (nSPS) is 11.1. The number of amides is 2. The van der Waals surface area contributed by atoms with Gasteiger partial charge in [-0.2, -0.15) is 0 Å². The van der Waals surface area contributed by atoms with Crippen LogP contribution in [0.1, 0.15) is 29.8 Å². The zero-order valence-corrected chi connectivity index (χ0v) is 17.2. The van der Waals surface area contributed by atoms with Gasteiger partial charge in [0.1, 0.15) is 0 Å². The number of nitrogens with zero attached hydrogens (tertiary/aromatic N) is 2. The predicted octanol–water partition coefficient (Wildman–Crippen LogP) is 3.31. The fourth-order valence-electron chi connectivity index (χ4n) is 2.88. The van der Waals surface area contributed by atoms with Gasteiger partial charge in [0.05, 0.1) is 23.3 Å². The number of nitrogens with one attached hydrogen (secondary N) is 2. The number of carbonyl (C=O) groups excluding carboxylic acids is 2. The minimum atomic E-state index is -0.377. The highest BCUT2D eigenvalue weighted by molar-refractivity contribution is 6.07. The molecule has 150 valence electrons. The van der Waals surface area contributed by atoms with Crippen molar-refractivity contribution in [3.05, 3.63) is 65.7 Å². The molecule has 1 heterocycles. The lowest BCUT2D eigenvalue weighted by atomic mass is 10.0. The number of hydrazine groups is 1. The Kier molecular flexibility index (Phi) is 6.24. The standard InChI is InChI=1S/C23H26N4O2/c1-15(2)27(4)14-22(28)25-26-23(29)19-13-21(17-11-9-16(3)10-12-17)24-20-8-6-5-7-18(19)20/h5-13,15H,14H2,1-4H3,(H,25,28)(H,26,29). The lowest BCUT2D eigenvalue weighted by molar-refractivity contribution is -0.123. The van der Waals surface area contributed by atoms with E-state index in [4.69, 9.17) is 4.98 Å². The van der Waals surface area contributed by atoms with Crippen molar-refractivity contribution in [3.63, 3.8) is 0 Å². The molecule has 0 aliphatic rings. The van der Waals surface area contributed by atoms with Crippen LogP contribution < -0.4 is 10.9 Å². The van der Waals surface area contributed by atoms with Gasteiger partial charge in [-0.05, 0) is 40.0 Å². The van der Waals surface area contributed by atoms with Crippen LogP contribution in [0.5, 0.6) is 0 Å². The summed E-state index contributed by atoms with van der Waals surface area (Å²) in [7, 11) is 1.86. The van der Waals surface area contributed by atoms with Gasteiger partial charge in [0.15, 0.2) is 0 Å². The van der Waals surface area contributed by atoms with E-state index >= 15 is 0 Å². The second-order valence-electron chi connectivity index (χ2n) is 7.45. The maximum Gasteiger partial charge on any atom is 0.270 e. The Labute approximate surface area is 170 Å². The first-order valence-electron chi connectivity index (χ1n) is 9.61. The van der Waals surface area contributed by atoms with Crippen LogP contribution in [0.15, 0.2) is 54.6 Å². The van der Waals surface area contributed by atoms with E-state index in [-0.39, 0.29) is 24.4 Å². The maximum absolute atomic E-state index is 12.9. The van der Waals surface area contributed by atoms with E-state index in [9.17, 15) is 9.59 Å². The quantitative estimate of drug-likeness (QED) is 0.656. The summed E-state index contributed by atoms with van der Waals surface area (Å²) in [6.07, 6.45) is 0. The summed E-state index contributed by atoms with van der Waals surface area (Å²) in [6, 6.07) is 17.5. The second kappa shape index (κ2) is 8.84. The molecule has 0 saturated carbocycles. The lowest BCUT2D eigenvalue weighted by Gasteiger charge is -2.20. The molecule has 0 atom stereocenters. The predicted molar refractivity (Wildman–Crippen MR) is 115 cm³/mol. The largest absolute Gasteiger partial charge is 0.295 e. The number of benzene rings is 2. The third-order valence-electron chi connectivity index (χ3n) is 4.90. The Morgan fingerprint density at radius 2 is 1.72 bits per heavy atom. The van der Waals surface area contributed by atoms with Crippen molar-refractivity contribution in [2.75, 3.05) is 13.6 Å². The van der Waals surface area contributed by atoms with Crippen molar-refractivity contribution in [2.45, 2.75) is 26.8 Å². The van der Waals surface area contributed by atoms with Crippen molar-refractivity contribution in [1.82, 2.24) is 20.7 Å². The van der Waals surface area contributed by atoms with Gasteiger partial charge in [-0.15, -0.1) is 0 Å². The Bertz CT molecular complexity index is 1030. The summed E-state index contributed by atoms with van der Waals surface area (Å²) >= 11 is 0. The number of carbonyl (C=O) groups is 2. The van der Waals surface area contributed by atoms with Gasteiger partial charge in [-0.1, -0.05) is 48.0 Å². The lowest BCUT2D eigenvalue weighted by Crippen LogP contribution is -2.46. The zero-order chi connectivity index (χ0) is 21.0. The van der Waals surface area contributed by atoms with Crippen molar-refractivity contribution in [1.29, 1.82) is 0 Å². The molecule has 2 N–H and O–H groups in total. The van der Waals surface area contributed by atoms with E-state index in [0.717, 1.165) is 22.0 Å². The van der Waals surface area contributed by atoms with Crippen molar-refractivity contribution in [2.24, 2.45) is 0 Å². The minimum Gasteiger partial charge on any atom is -0.295 e. The summed E-state index contributed by atoms with van der Waals surface area (Å²) in [6.45, 7) is 6.22. The van der Waals surface area contributed by atoms with E-state index in [1.807, 2.05) is 81.2 Å². The van der Waals surface area contributed by atoms with Gasteiger partial charge in [-0.3, -0.25) is 25.3 Å². The van der Waals surface area contributed by atoms with E-state index < -0.39 is 0 Å². The molecule has 0 aliphatic heterocycles. The van der Waals surface area contributed by atoms with Crippen LogP contribution in [0.25, 0.3) is 22.2 Å². The smallest absolute Gasteiger partial charge is 0.270 e. The van der Waals surface area contributed by atoms with Crippen LogP contribution in [0.3, 0.4) is 0 Å². The van der Waals surface area contributed by atoms with Crippen molar-refractivity contribution < 1.29 is 9.59 Å². The summed E-state index contributed by atoms with van der Waals surface area (Å²) in [5, 5.41) is 0.731. The molecule has 6 heteroatoms. The monoisotopic (exact) mass is 390 g/mol. The number of likely N-dealkylation sites (N-methyl/N-ethyl adjacent to an activating group) is 1. The molecule has 0 saturated heterocycles. The highest BCUT2D eigenvalue weighted by atomic mass is 16.2. The van der Waals surface area contributed by atoms with Crippen LogP contribution in [0, 0.1) is 6.92 Å². The molecule has 1 aromatic heterocycles. The summed E-state index contributed by atoms with van der Waals surface area (Å²) in [4.78, 5) is 31.5. The molecule has 0 bridgehead atoms. The number of hydrogen-bond acceptors (Lipinski definition) is 4. The minimum absolute atomic E-state index is 0.198. The van der Waals surface area contributed by atoms with Crippen LogP contribution in [-0.2, 0) is 4.79 Å². The molecule has 6 nitrogen and oxygen atoms in total. The molecule has 2 amide bonds. The molecule has 0 unspecified atom stereocenters. The van der Waals surface area contributed by atoms with Crippen LogP contribution in [0.2, 0.25) is 0 Å². The fourth-order valence-corrected chi connectivity index (χ4v) is 2.88. The third-order valence-corrected chi connectivity index (χ3v) is 4.90. The summed E-state index contributed by atoms with van der Waals surface area (Å²) < 4.78 is 0. The molecular formula is C23H26N4O2. The molecule has 3 aromatic rings. The molecule has 29 heavy (non-hydrogen) atoms. The Balaban J connectivity index is 1.86. The highest BCUT2D eigenvalue weighted by Gasteiger charge is 2.15. The third kappa shape index (κ3) is 4.97. The summed E-state index contributed by atoms with van der Waals surface area (Å²) in [5.41, 5.74) is 9.00. The zero-order valence-electron chi connectivity index (χ0n) is 17.2. The average molecular weight is 390 g/mol. The van der Waals surface area contributed by atoms with E-state index in [2.05, 4.69) is 10.9 Å². The fraction of sp³-hybridized carbons (Fsp3) is 0.261. The Morgan fingerprint density at radius 3 is 2.41 bits per heavy atom. The SMILES string of the molecule is Cc1ccc(-c2cc(C(=O)NNC(=O)CN(C)C(C)C)c3ccccc3n2)cc1. The number of fused-ring (bicyclic) bond motifs is 1. The average Bonchev–Trinajstić information content (AvgIpc) is 2.71. The van der Waals surface area contributed by atoms with E-state index in [0.29, 0.717) is 11.3 Å². The van der Waals surface area contributed by atoms with E-state index in [1.165, 1.54) is 0 Å². The van der Waals surface area contributed by atoms with Gasteiger partial charge in [0, 0.05) is 17.0 Å². The molecule has 2 aromatic carbocycles. The van der Waals surface area contributed by atoms with E-state index in [1.54, 1.807) is 6.07 Å². The van der Waals surface area contributed by atoms with Gasteiger partial charge in [-0.25, -0.2) is 4.98 Å². The highest BCUT2D eigenvalue weighted by Crippen LogP contribution is 2.25. The number of rotatable bonds is 5. The first-order chi connectivity index (χ1) is 13.8. The number of hydrogen-bond donors (Lipinski definition) is 2. The number of para-hydroxylation sites is 1. The van der Waals surface area contributed by atoms with Gasteiger partial charge < -0.3 is 0 Å². The topological polar surface area (TPSA) is 74.3 Å². The molecule has 0 aliphatic carbocycles. The van der Waals surface area contributed by atoms with Crippen LogP contribution in [-0.4, -0.2) is 41.3 Å². The second-order valence-corrected chi connectivity index (χ2v) is 7.45. The van der Waals surface area contributed by atoms with Crippen LogP contribution in [0.4, 0.5) is 0 Å². The number of pyridine rings is 1. The van der Waals surface area contributed by atoms with Gasteiger partial charge in [0.2, 0.25) is 0 Å². The van der Waals surface area contributed by atoms with Gasteiger partial charge in [0.25, 0.3) is 11.8 Å². The number of aromatic nitrogens is 1. The molecule has 0 radical (unpaired) electrons. The van der Waals surface area contributed by atoms with Crippen molar-refractivity contribution in [3.8, 4) is 11.3 Å². The Hall–Kier alpha value is -3.25.